The molecular weight excluding hydrogens is 296 g/mol. The molecule has 0 bridgehead atoms. The lowest BCUT2D eigenvalue weighted by atomic mass is 9.96. The van der Waals surface area contributed by atoms with E-state index >= 15 is 0 Å². The fourth-order valence-electron chi connectivity index (χ4n) is 2.80. The lowest BCUT2D eigenvalue weighted by Crippen LogP contribution is -2.40. The Morgan fingerprint density at radius 2 is 2.23 bits per heavy atom. The highest BCUT2D eigenvalue weighted by Gasteiger charge is 2.24. The monoisotopic (exact) mass is 324 g/mol. The fourth-order valence-corrected chi connectivity index (χ4v) is 3.74. The molecule has 1 amide bonds. The van der Waals surface area contributed by atoms with Crippen molar-refractivity contribution in [2.24, 2.45) is 5.92 Å². The number of hydrogen-bond donors (Lipinski definition) is 1. The molecule has 0 saturated carbocycles. The van der Waals surface area contributed by atoms with Gasteiger partial charge in [-0.25, -0.2) is 0 Å². The molecule has 1 N–H and O–H groups in total. The van der Waals surface area contributed by atoms with E-state index in [1.54, 1.807) is 0 Å². The van der Waals surface area contributed by atoms with Crippen molar-refractivity contribution in [3.05, 3.63) is 21.9 Å². The largest absolute Gasteiger partial charge is 0.382 e. The Balaban J connectivity index is 1.64. The van der Waals surface area contributed by atoms with E-state index < -0.39 is 0 Å². The highest BCUT2D eigenvalue weighted by atomic mass is 32.1. The molecule has 1 fully saturated rings. The van der Waals surface area contributed by atoms with E-state index in [9.17, 15) is 4.79 Å². The number of hydrogen-bond acceptors (Lipinski definition) is 4. The third kappa shape index (κ3) is 5.38. The lowest BCUT2D eigenvalue weighted by molar-refractivity contribution is -0.126. The fraction of sp³-hybridized carbons (Fsp3) is 0.706. The van der Waals surface area contributed by atoms with Crippen molar-refractivity contribution < 1.29 is 9.53 Å². The summed E-state index contributed by atoms with van der Waals surface area (Å²) in [5.41, 5.74) is 1.39. The van der Waals surface area contributed by atoms with Crippen LogP contribution in [0.5, 0.6) is 0 Å². The molecule has 2 heterocycles. The number of carbonyl (C=O) groups is 1. The summed E-state index contributed by atoms with van der Waals surface area (Å²) in [7, 11) is 0. The van der Waals surface area contributed by atoms with E-state index in [2.05, 4.69) is 28.6 Å². The summed E-state index contributed by atoms with van der Waals surface area (Å²) in [6.07, 6.45) is 2.85. The van der Waals surface area contributed by atoms with Gasteiger partial charge in [-0.15, -0.1) is 11.3 Å². The Labute approximate surface area is 137 Å². The topological polar surface area (TPSA) is 41.6 Å². The van der Waals surface area contributed by atoms with Crippen LogP contribution >= 0.6 is 11.3 Å². The second-order valence-electron chi connectivity index (χ2n) is 5.92. The van der Waals surface area contributed by atoms with Crippen molar-refractivity contribution in [3.63, 3.8) is 0 Å². The molecule has 5 heteroatoms. The number of aryl methyl sites for hydroxylation is 1. The van der Waals surface area contributed by atoms with E-state index in [1.807, 2.05) is 18.3 Å². The van der Waals surface area contributed by atoms with E-state index in [0.717, 1.165) is 58.7 Å². The Morgan fingerprint density at radius 1 is 1.45 bits per heavy atom. The van der Waals surface area contributed by atoms with Crippen LogP contribution in [0.4, 0.5) is 0 Å². The first kappa shape index (κ1) is 17.4. The SMILES string of the molecule is CCOCCCNC(=O)C1CCN(Cc2sccc2C)CC1. The van der Waals surface area contributed by atoms with Gasteiger partial charge in [0.15, 0.2) is 0 Å². The molecule has 2 rings (SSSR count). The predicted molar refractivity (Wildman–Crippen MR) is 91.2 cm³/mol. The van der Waals surface area contributed by atoms with Gasteiger partial charge < -0.3 is 10.1 Å². The summed E-state index contributed by atoms with van der Waals surface area (Å²) in [6, 6.07) is 2.18. The van der Waals surface area contributed by atoms with Crippen LogP contribution in [0.3, 0.4) is 0 Å². The summed E-state index contributed by atoms with van der Waals surface area (Å²) < 4.78 is 5.28. The second-order valence-corrected chi connectivity index (χ2v) is 6.92. The van der Waals surface area contributed by atoms with Crippen molar-refractivity contribution in [2.45, 2.75) is 39.7 Å². The van der Waals surface area contributed by atoms with Crippen LogP contribution in [-0.4, -0.2) is 43.7 Å². The molecule has 0 aromatic carbocycles. The highest BCUT2D eigenvalue weighted by molar-refractivity contribution is 7.10. The summed E-state index contributed by atoms with van der Waals surface area (Å²) in [6.45, 7) is 9.45. The van der Waals surface area contributed by atoms with Crippen molar-refractivity contribution in [1.29, 1.82) is 0 Å². The van der Waals surface area contributed by atoms with Gasteiger partial charge in [-0.1, -0.05) is 0 Å². The smallest absolute Gasteiger partial charge is 0.223 e. The van der Waals surface area contributed by atoms with Gasteiger partial charge in [-0.3, -0.25) is 9.69 Å². The number of likely N-dealkylation sites (tertiary alicyclic amines) is 1. The summed E-state index contributed by atoms with van der Waals surface area (Å²) in [5.74, 6) is 0.413. The van der Waals surface area contributed by atoms with Gasteiger partial charge in [-0.2, -0.15) is 0 Å². The number of piperidine rings is 1. The molecule has 1 aliphatic rings. The molecule has 1 aromatic heterocycles. The Kier molecular flexibility index (Phi) is 7.36. The molecule has 0 radical (unpaired) electrons. The molecule has 4 nitrogen and oxygen atoms in total. The molecule has 0 unspecified atom stereocenters. The molecular formula is C17H28N2O2S. The average molecular weight is 324 g/mol. The maximum absolute atomic E-state index is 12.1. The average Bonchev–Trinajstić information content (AvgIpc) is 2.93. The van der Waals surface area contributed by atoms with Gasteiger partial charge in [0.05, 0.1) is 0 Å². The van der Waals surface area contributed by atoms with Crippen molar-refractivity contribution >= 4 is 17.2 Å². The van der Waals surface area contributed by atoms with E-state index in [4.69, 9.17) is 4.74 Å². The van der Waals surface area contributed by atoms with Crippen LogP contribution < -0.4 is 5.32 Å². The zero-order valence-electron chi connectivity index (χ0n) is 13.8. The van der Waals surface area contributed by atoms with E-state index in [1.165, 1.54) is 10.4 Å². The third-order valence-corrected chi connectivity index (χ3v) is 5.27. The molecule has 0 aliphatic carbocycles. The van der Waals surface area contributed by atoms with E-state index in [-0.39, 0.29) is 11.8 Å². The van der Waals surface area contributed by atoms with Gasteiger partial charge in [-0.05, 0) is 63.2 Å². The maximum Gasteiger partial charge on any atom is 0.223 e. The van der Waals surface area contributed by atoms with E-state index in [0.29, 0.717) is 0 Å². The van der Waals surface area contributed by atoms with Crippen LogP contribution in [-0.2, 0) is 16.1 Å². The Morgan fingerprint density at radius 3 is 2.86 bits per heavy atom. The molecule has 22 heavy (non-hydrogen) atoms. The molecule has 1 aromatic rings. The molecule has 0 atom stereocenters. The number of ether oxygens (including phenoxy) is 1. The maximum atomic E-state index is 12.1. The van der Waals surface area contributed by atoms with Crippen molar-refractivity contribution in [2.75, 3.05) is 32.8 Å². The van der Waals surface area contributed by atoms with Crippen LogP contribution in [0.25, 0.3) is 0 Å². The van der Waals surface area contributed by atoms with Crippen LogP contribution in [0.15, 0.2) is 11.4 Å². The van der Waals surface area contributed by atoms with Crippen molar-refractivity contribution in [1.82, 2.24) is 10.2 Å². The van der Waals surface area contributed by atoms with Crippen LogP contribution in [0.2, 0.25) is 0 Å². The number of nitrogens with one attached hydrogen (secondary N) is 1. The zero-order valence-corrected chi connectivity index (χ0v) is 14.6. The first-order valence-corrected chi connectivity index (χ1v) is 9.19. The standard InChI is InChI=1S/C17H28N2O2S/c1-3-21-11-4-8-18-17(20)15-5-9-19(10-6-15)13-16-14(2)7-12-22-16/h7,12,15H,3-6,8-11,13H2,1-2H3,(H,18,20). The minimum absolute atomic E-state index is 0.188. The number of rotatable bonds is 8. The molecule has 1 aliphatic heterocycles. The molecule has 124 valence electrons. The lowest BCUT2D eigenvalue weighted by Gasteiger charge is -2.31. The quantitative estimate of drug-likeness (QED) is 0.748. The first-order chi connectivity index (χ1) is 10.7. The third-order valence-electron chi connectivity index (χ3n) is 4.26. The van der Waals surface area contributed by atoms with Crippen molar-refractivity contribution in [3.8, 4) is 0 Å². The summed E-state index contributed by atoms with van der Waals surface area (Å²) in [5, 5.41) is 5.21. The number of thiophene rings is 1. The van der Waals surface area contributed by atoms with Gasteiger partial charge in [0.2, 0.25) is 5.91 Å². The Hall–Kier alpha value is -0.910. The normalized spacial score (nSPS) is 16.8. The minimum atomic E-state index is 0.188. The highest BCUT2D eigenvalue weighted by Crippen LogP contribution is 2.22. The Bertz CT molecular complexity index is 453. The van der Waals surface area contributed by atoms with Gasteiger partial charge >= 0.3 is 0 Å². The summed E-state index contributed by atoms with van der Waals surface area (Å²) in [4.78, 5) is 16.1. The first-order valence-electron chi connectivity index (χ1n) is 8.31. The summed E-state index contributed by atoms with van der Waals surface area (Å²) >= 11 is 1.84. The number of amides is 1. The van der Waals surface area contributed by atoms with Gasteiger partial charge in [0.25, 0.3) is 0 Å². The minimum Gasteiger partial charge on any atom is -0.382 e. The van der Waals surface area contributed by atoms with Crippen LogP contribution in [0.1, 0.15) is 36.6 Å². The predicted octanol–water partition coefficient (Wildman–Crippen LogP) is 2.81. The second kappa shape index (κ2) is 9.28. The molecule has 1 saturated heterocycles. The zero-order chi connectivity index (χ0) is 15.8. The number of nitrogens with zero attached hydrogens (tertiary/aromatic N) is 1. The van der Waals surface area contributed by atoms with Gasteiger partial charge in [0, 0.05) is 37.1 Å². The number of carbonyl (C=O) groups excluding carboxylic acids is 1. The van der Waals surface area contributed by atoms with Crippen LogP contribution in [0, 0.1) is 12.8 Å². The molecule has 0 spiro atoms. The van der Waals surface area contributed by atoms with Gasteiger partial charge in [0.1, 0.15) is 0 Å².